The summed E-state index contributed by atoms with van der Waals surface area (Å²) in [4.78, 5) is 6.53. The predicted octanol–water partition coefficient (Wildman–Crippen LogP) is 2.37. The van der Waals surface area contributed by atoms with E-state index >= 15 is 0 Å². The highest BCUT2D eigenvalue weighted by Crippen LogP contribution is 2.33. The van der Waals surface area contributed by atoms with Crippen LogP contribution in [0.4, 0.5) is 0 Å². The summed E-state index contributed by atoms with van der Waals surface area (Å²) in [5.41, 5.74) is 7.04. The summed E-state index contributed by atoms with van der Waals surface area (Å²) in [5.74, 6) is 2.22. The molecule has 2 N–H and O–H groups in total. The van der Waals surface area contributed by atoms with Gasteiger partial charge < -0.3 is 20.1 Å². The predicted molar refractivity (Wildman–Crippen MR) is 93.6 cm³/mol. The molecule has 1 fully saturated rings. The van der Waals surface area contributed by atoms with E-state index in [0.717, 1.165) is 23.5 Å². The molecule has 0 saturated heterocycles. The van der Waals surface area contributed by atoms with E-state index in [2.05, 4.69) is 9.89 Å². The zero-order valence-electron chi connectivity index (χ0n) is 12.2. The second-order valence-electron chi connectivity index (χ2n) is 5.31. The lowest BCUT2D eigenvalue weighted by Crippen LogP contribution is -2.35. The summed E-state index contributed by atoms with van der Waals surface area (Å²) in [6.07, 6.45) is 3.33. The summed E-state index contributed by atoms with van der Waals surface area (Å²) >= 11 is 0. The van der Waals surface area contributed by atoms with Gasteiger partial charge in [-0.15, -0.1) is 24.0 Å². The SMILES string of the molecule is CN(C(N)=NCc1cccc2c1OCCCO2)C1CC1.I. The fraction of sp³-hybridized carbons (Fsp3) is 0.533. The number of guanidine groups is 1. The fourth-order valence-electron chi connectivity index (χ4n) is 2.31. The largest absolute Gasteiger partial charge is 0.490 e. The molecule has 0 aromatic heterocycles. The quantitative estimate of drug-likeness (QED) is 0.479. The van der Waals surface area contributed by atoms with Crippen molar-refractivity contribution in [2.45, 2.75) is 31.8 Å². The molecule has 1 heterocycles. The van der Waals surface area contributed by atoms with Crippen molar-refractivity contribution in [2.24, 2.45) is 10.7 Å². The van der Waals surface area contributed by atoms with Crippen molar-refractivity contribution in [3.8, 4) is 11.5 Å². The Kier molecular flexibility index (Phi) is 5.55. The van der Waals surface area contributed by atoms with Gasteiger partial charge in [0.05, 0.1) is 19.8 Å². The van der Waals surface area contributed by atoms with E-state index in [4.69, 9.17) is 15.2 Å². The standard InChI is InChI=1S/C15H21N3O2.HI/c1-18(12-6-7-12)15(16)17-10-11-4-2-5-13-14(11)20-9-3-8-19-13;/h2,4-5,12H,3,6-10H2,1H3,(H2,16,17);1H. The minimum absolute atomic E-state index is 0. The number of para-hydroxylation sites is 1. The number of hydrogen-bond acceptors (Lipinski definition) is 3. The molecule has 0 spiro atoms. The van der Waals surface area contributed by atoms with E-state index < -0.39 is 0 Å². The Hall–Kier alpha value is -1.18. The first kappa shape index (κ1) is 16.2. The normalized spacial score (nSPS) is 17.7. The lowest BCUT2D eigenvalue weighted by Gasteiger charge is -2.17. The minimum Gasteiger partial charge on any atom is -0.490 e. The molecule has 0 radical (unpaired) electrons. The summed E-state index contributed by atoms with van der Waals surface area (Å²) in [6.45, 7) is 1.91. The van der Waals surface area contributed by atoms with E-state index in [1.165, 1.54) is 12.8 Å². The first-order valence-corrected chi connectivity index (χ1v) is 7.16. The molecular weight excluding hydrogens is 381 g/mol. The van der Waals surface area contributed by atoms with Crippen LogP contribution in [0, 0.1) is 0 Å². The number of aliphatic imine (C=N–C) groups is 1. The van der Waals surface area contributed by atoms with Gasteiger partial charge in [-0.3, -0.25) is 0 Å². The number of fused-ring (bicyclic) bond motifs is 1. The molecule has 6 heteroatoms. The van der Waals surface area contributed by atoms with E-state index in [9.17, 15) is 0 Å². The third-order valence-corrected chi connectivity index (χ3v) is 3.72. The van der Waals surface area contributed by atoms with Crippen LogP contribution in [0.1, 0.15) is 24.8 Å². The van der Waals surface area contributed by atoms with E-state index in [0.29, 0.717) is 31.8 Å². The smallest absolute Gasteiger partial charge is 0.191 e. The van der Waals surface area contributed by atoms with Crippen molar-refractivity contribution >= 4 is 29.9 Å². The fourth-order valence-corrected chi connectivity index (χ4v) is 2.31. The molecule has 1 aliphatic heterocycles. The summed E-state index contributed by atoms with van der Waals surface area (Å²) < 4.78 is 11.5. The van der Waals surface area contributed by atoms with Crippen molar-refractivity contribution in [1.29, 1.82) is 0 Å². The second-order valence-corrected chi connectivity index (χ2v) is 5.31. The molecule has 21 heavy (non-hydrogen) atoms. The van der Waals surface area contributed by atoms with Gasteiger partial charge in [-0.2, -0.15) is 0 Å². The molecule has 3 rings (SSSR count). The van der Waals surface area contributed by atoms with E-state index in [1.54, 1.807) is 0 Å². The van der Waals surface area contributed by atoms with Gasteiger partial charge in [0.2, 0.25) is 0 Å². The highest BCUT2D eigenvalue weighted by atomic mass is 127. The van der Waals surface area contributed by atoms with Crippen molar-refractivity contribution in [3.05, 3.63) is 23.8 Å². The van der Waals surface area contributed by atoms with Crippen LogP contribution in [0.2, 0.25) is 0 Å². The van der Waals surface area contributed by atoms with Crippen molar-refractivity contribution in [3.63, 3.8) is 0 Å². The molecule has 2 aliphatic rings. The number of halogens is 1. The monoisotopic (exact) mass is 403 g/mol. The number of nitrogens with zero attached hydrogens (tertiary/aromatic N) is 2. The van der Waals surface area contributed by atoms with Gasteiger partial charge >= 0.3 is 0 Å². The molecular formula is C15H22IN3O2. The molecule has 1 aromatic carbocycles. The van der Waals surface area contributed by atoms with Gasteiger partial charge in [-0.1, -0.05) is 12.1 Å². The van der Waals surface area contributed by atoms with Crippen LogP contribution in [-0.2, 0) is 6.54 Å². The van der Waals surface area contributed by atoms with Crippen LogP contribution >= 0.6 is 24.0 Å². The lowest BCUT2D eigenvalue weighted by atomic mass is 10.2. The van der Waals surface area contributed by atoms with Crippen LogP contribution < -0.4 is 15.2 Å². The third-order valence-electron chi connectivity index (χ3n) is 3.72. The van der Waals surface area contributed by atoms with Gasteiger partial charge in [0.1, 0.15) is 0 Å². The Bertz CT molecular complexity index is 518. The summed E-state index contributed by atoms with van der Waals surface area (Å²) in [7, 11) is 2.00. The van der Waals surface area contributed by atoms with Crippen LogP contribution in [0.5, 0.6) is 11.5 Å². The maximum atomic E-state index is 6.02. The maximum absolute atomic E-state index is 6.02. The third kappa shape index (κ3) is 3.93. The van der Waals surface area contributed by atoms with Crippen LogP contribution in [-0.4, -0.2) is 37.2 Å². The molecule has 5 nitrogen and oxygen atoms in total. The Morgan fingerprint density at radius 1 is 1.33 bits per heavy atom. The number of ether oxygens (including phenoxy) is 2. The Labute approximate surface area is 142 Å². The Morgan fingerprint density at radius 3 is 2.86 bits per heavy atom. The van der Waals surface area contributed by atoms with E-state index in [-0.39, 0.29) is 24.0 Å². The molecule has 0 atom stereocenters. The van der Waals surface area contributed by atoms with Gasteiger partial charge in [0.15, 0.2) is 17.5 Å². The zero-order chi connectivity index (χ0) is 13.9. The maximum Gasteiger partial charge on any atom is 0.191 e. The van der Waals surface area contributed by atoms with Gasteiger partial charge in [-0.25, -0.2) is 4.99 Å². The number of rotatable bonds is 3. The van der Waals surface area contributed by atoms with Crippen molar-refractivity contribution in [2.75, 3.05) is 20.3 Å². The van der Waals surface area contributed by atoms with Crippen molar-refractivity contribution < 1.29 is 9.47 Å². The molecule has 1 aliphatic carbocycles. The van der Waals surface area contributed by atoms with E-state index in [1.807, 2.05) is 25.2 Å². The summed E-state index contributed by atoms with van der Waals surface area (Å²) in [6, 6.07) is 6.50. The Morgan fingerprint density at radius 2 is 2.10 bits per heavy atom. The topological polar surface area (TPSA) is 60.1 Å². The highest BCUT2D eigenvalue weighted by Gasteiger charge is 2.27. The zero-order valence-corrected chi connectivity index (χ0v) is 14.6. The first-order chi connectivity index (χ1) is 9.75. The van der Waals surface area contributed by atoms with Crippen LogP contribution in [0.3, 0.4) is 0 Å². The molecule has 1 saturated carbocycles. The minimum atomic E-state index is 0. The van der Waals surface area contributed by atoms with Gasteiger partial charge in [0.25, 0.3) is 0 Å². The average molecular weight is 403 g/mol. The average Bonchev–Trinajstić information content (AvgIpc) is 3.29. The van der Waals surface area contributed by atoms with Gasteiger partial charge in [0, 0.05) is 25.1 Å². The first-order valence-electron chi connectivity index (χ1n) is 7.16. The Balaban J connectivity index is 0.00000161. The molecule has 0 unspecified atom stereocenters. The van der Waals surface area contributed by atoms with Gasteiger partial charge in [-0.05, 0) is 18.9 Å². The molecule has 1 aromatic rings. The van der Waals surface area contributed by atoms with Crippen molar-refractivity contribution in [1.82, 2.24) is 4.90 Å². The molecule has 116 valence electrons. The van der Waals surface area contributed by atoms with Crippen LogP contribution in [0.15, 0.2) is 23.2 Å². The van der Waals surface area contributed by atoms with Crippen LogP contribution in [0.25, 0.3) is 0 Å². The lowest BCUT2D eigenvalue weighted by molar-refractivity contribution is 0.296. The second kappa shape index (κ2) is 7.20. The number of nitrogens with two attached hydrogens (primary N) is 1. The molecule has 0 bridgehead atoms. The number of hydrogen-bond donors (Lipinski definition) is 1. The molecule has 0 amide bonds. The highest BCUT2D eigenvalue weighted by molar-refractivity contribution is 14.0. The number of benzene rings is 1. The summed E-state index contributed by atoms with van der Waals surface area (Å²) in [5, 5.41) is 0.